The predicted molar refractivity (Wildman–Crippen MR) is 103 cm³/mol. The number of nitrogens with one attached hydrogen (secondary N) is 2. The fourth-order valence-corrected chi connectivity index (χ4v) is 3.31. The average Bonchev–Trinajstić information content (AvgIpc) is 2.96. The maximum Gasteiger partial charge on any atom is 0.350 e. The van der Waals surface area contributed by atoms with Gasteiger partial charge in [0.15, 0.2) is 11.7 Å². The molecule has 0 saturated carbocycles. The van der Waals surface area contributed by atoms with Crippen LogP contribution < -0.4 is 10.6 Å². The number of ether oxygens (including phenoxy) is 2. The largest absolute Gasteiger partial charge is 0.462 e. The second-order valence-corrected chi connectivity index (χ2v) is 7.33. The summed E-state index contributed by atoms with van der Waals surface area (Å²) in [6.45, 7) is 4.33. The molecule has 11 heteroatoms. The number of hydrogen-bond donors (Lipinski definition) is 2. The Morgan fingerprint density at radius 1 is 1.26 bits per heavy atom. The molecule has 2 N–H and O–H groups in total. The van der Waals surface area contributed by atoms with Crippen LogP contribution in [0.3, 0.4) is 0 Å². The van der Waals surface area contributed by atoms with E-state index >= 15 is 0 Å². The number of carbonyl (C=O) groups excluding carboxylic acids is 4. The third-order valence-electron chi connectivity index (χ3n) is 3.12. The summed E-state index contributed by atoms with van der Waals surface area (Å²) in [5.41, 5.74) is 0.438. The van der Waals surface area contributed by atoms with Gasteiger partial charge in [0, 0.05) is 6.92 Å². The molecular weight excluding hydrogens is 394 g/mol. The van der Waals surface area contributed by atoms with E-state index in [9.17, 15) is 19.2 Å². The van der Waals surface area contributed by atoms with Crippen molar-refractivity contribution >= 4 is 52.0 Å². The van der Waals surface area contributed by atoms with Crippen molar-refractivity contribution in [2.75, 3.05) is 30.5 Å². The monoisotopic (exact) mass is 417 g/mol. The predicted octanol–water partition coefficient (Wildman–Crippen LogP) is 1.37. The van der Waals surface area contributed by atoms with Crippen LogP contribution in [0.25, 0.3) is 0 Å². The first kappa shape index (κ1) is 22.9. The standard InChI is InChI=1S/C16H23N3O6S2/c1-5-24-15(23)13-9(2)17-16(27-13)19-12(21)8-25-14(22)11(6-7-26-4)18-10(3)20/h11H,5-8H2,1-4H3,(H,18,20)(H,17,19,21)/t11-/m1/s1. The molecule has 9 nitrogen and oxygen atoms in total. The number of thioether (sulfide) groups is 1. The van der Waals surface area contributed by atoms with Gasteiger partial charge in [-0.3, -0.25) is 14.9 Å². The molecule has 0 unspecified atom stereocenters. The molecule has 0 radical (unpaired) electrons. The Bertz CT molecular complexity index is 692. The highest BCUT2D eigenvalue weighted by atomic mass is 32.2. The maximum absolute atomic E-state index is 12.1. The second-order valence-electron chi connectivity index (χ2n) is 5.34. The molecule has 0 aliphatic carbocycles. The Labute approximate surface area is 165 Å². The molecule has 27 heavy (non-hydrogen) atoms. The third-order valence-corrected chi connectivity index (χ3v) is 4.82. The van der Waals surface area contributed by atoms with Crippen LogP contribution in [0.2, 0.25) is 0 Å². The van der Waals surface area contributed by atoms with Crippen LogP contribution in [0.1, 0.15) is 35.6 Å². The number of nitrogens with zero attached hydrogens (tertiary/aromatic N) is 1. The molecule has 0 fully saturated rings. The number of thiazole rings is 1. The number of aryl methyl sites for hydroxylation is 1. The minimum Gasteiger partial charge on any atom is -0.462 e. The van der Waals surface area contributed by atoms with Crippen LogP contribution in [0.5, 0.6) is 0 Å². The molecule has 1 aromatic heterocycles. The average molecular weight is 418 g/mol. The van der Waals surface area contributed by atoms with E-state index in [-0.39, 0.29) is 17.6 Å². The maximum atomic E-state index is 12.1. The van der Waals surface area contributed by atoms with E-state index in [2.05, 4.69) is 15.6 Å². The lowest BCUT2D eigenvalue weighted by Crippen LogP contribution is -2.42. The van der Waals surface area contributed by atoms with E-state index < -0.39 is 30.5 Å². The van der Waals surface area contributed by atoms with Gasteiger partial charge in [-0.1, -0.05) is 11.3 Å². The molecule has 0 aromatic carbocycles. The number of hydrogen-bond acceptors (Lipinski definition) is 9. The van der Waals surface area contributed by atoms with Gasteiger partial charge in [0.25, 0.3) is 5.91 Å². The summed E-state index contributed by atoms with van der Waals surface area (Å²) in [5.74, 6) is -1.49. The van der Waals surface area contributed by atoms with Crippen molar-refractivity contribution in [1.29, 1.82) is 0 Å². The summed E-state index contributed by atoms with van der Waals surface area (Å²) in [6.07, 6.45) is 2.28. The van der Waals surface area contributed by atoms with Gasteiger partial charge in [-0.15, -0.1) is 0 Å². The summed E-state index contributed by atoms with van der Waals surface area (Å²) < 4.78 is 9.88. The number of amides is 2. The van der Waals surface area contributed by atoms with Crippen molar-refractivity contribution in [2.45, 2.75) is 33.2 Å². The summed E-state index contributed by atoms with van der Waals surface area (Å²) in [7, 11) is 0. The lowest BCUT2D eigenvalue weighted by atomic mass is 10.2. The molecule has 0 aliphatic rings. The Morgan fingerprint density at radius 3 is 2.56 bits per heavy atom. The highest BCUT2D eigenvalue weighted by Crippen LogP contribution is 2.23. The number of anilines is 1. The van der Waals surface area contributed by atoms with Gasteiger partial charge in [-0.2, -0.15) is 11.8 Å². The first-order chi connectivity index (χ1) is 12.8. The molecule has 1 atom stereocenters. The zero-order valence-corrected chi connectivity index (χ0v) is 17.3. The second kappa shape index (κ2) is 11.5. The van der Waals surface area contributed by atoms with Crippen LogP contribution >= 0.6 is 23.1 Å². The van der Waals surface area contributed by atoms with Crippen LogP contribution in [0.4, 0.5) is 5.13 Å². The molecule has 1 rings (SSSR count). The van der Waals surface area contributed by atoms with E-state index in [4.69, 9.17) is 9.47 Å². The van der Waals surface area contributed by atoms with E-state index in [0.717, 1.165) is 11.3 Å². The first-order valence-corrected chi connectivity index (χ1v) is 10.4. The van der Waals surface area contributed by atoms with Gasteiger partial charge in [-0.25, -0.2) is 14.6 Å². The molecular formula is C16H23N3O6S2. The Kier molecular flexibility index (Phi) is 9.79. The van der Waals surface area contributed by atoms with Crippen LogP contribution in [-0.4, -0.2) is 60.0 Å². The fraction of sp³-hybridized carbons (Fsp3) is 0.562. The molecule has 1 heterocycles. The summed E-state index contributed by atoms with van der Waals surface area (Å²) in [4.78, 5) is 51.3. The van der Waals surface area contributed by atoms with Gasteiger partial charge in [0.2, 0.25) is 5.91 Å². The SMILES string of the molecule is CCOC(=O)c1sc(NC(=O)COC(=O)[C@@H](CCSC)NC(C)=O)nc1C. The molecule has 2 amide bonds. The number of aromatic nitrogens is 1. The lowest BCUT2D eigenvalue weighted by molar-refractivity contribution is -0.150. The van der Waals surface area contributed by atoms with Gasteiger partial charge in [0.1, 0.15) is 10.9 Å². The van der Waals surface area contributed by atoms with E-state index in [1.807, 2.05) is 6.26 Å². The third kappa shape index (κ3) is 7.95. The smallest absolute Gasteiger partial charge is 0.350 e. The molecule has 150 valence electrons. The first-order valence-electron chi connectivity index (χ1n) is 8.15. The molecule has 0 aliphatic heterocycles. The summed E-state index contributed by atoms with van der Waals surface area (Å²) >= 11 is 2.51. The minimum atomic E-state index is -0.805. The van der Waals surface area contributed by atoms with Crippen LogP contribution in [0.15, 0.2) is 0 Å². The van der Waals surface area contributed by atoms with E-state index in [1.54, 1.807) is 13.8 Å². The molecule has 0 bridgehead atoms. The zero-order chi connectivity index (χ0) is 20.4. The van der Waals surface area contributed by atoms with Gasteiger partial charge in [-0.05, 0) is 32.3 Å². The van der Waals surface area contributed by atoms with Crippen molar-refractivity contribution in [3.05, 3.63) is 10.6 Å². The van der Waals surface area contributed by atoms with Gasteiger partial charge < -0.3 is 14.8 Å². The zero-order valence-electron chi connectivity index (χ0n) is 15.6. The molecule has 0 saturated heterocycles. The number of esters is 2. The quantitative estimate of drug-likeness (QED) is 0.547. The van der Waals surface area contributed by atoms with Crippen LogP contribution in [0, 0.1) is 6.92 Å². The van der Waals surface area contributed by atoms with Crippen molar-refractivity contribution in [3.63, 3.8) is 0 Å². The Hall–Kier alpha value is -2.14. The fourth-order valence-electron chi connectivity index (χ4n) is 1.96. The Morgan fingerprint density at radius 2 is 1.96 bits per heavy atom. The van der Waals surface area contributed by atoms with Gasteiger partial charge >= 0.3 is 11.9 Å². The van der Waals surface area contributed by atoms with Crippen LogP contribution in [-0.2, 0) is 23.9 Å². The lowest BCUT2D eigenvalue weighted by Gasteiger charge is -2.16. The Balaban J connectivity index is 2.58. The minimum absolute atomic E-state index is 0.206. The van der Waals surface area contributed by atoms with Crippen molar-refractivity contribution in [3.8, 4) is 0 Å². The highest BCUT2D eigenvalue weighted by molar-refractivity contribution is 7.98. The highest BCUT2D eigenvalue weighted by Gasteiger charge is 2.22. The normalized spacial score (nSPS) is 11.4. The molecule has 1 aromatic rings. The van der Waals surface area contributed by atoms with Gasteiger partial charge in [0.05, 0.1) is 12.3 Å². The number of rotatable bonds is 10. The van der Waals surface area contributed by atoms with E-state index in [1.165, 1.54) is 18.7 Å². The summed E-state index contributed by atoms with van der Waals surface area (Å²) in [5, 5.41) is 5.18. The van der Waals surface area contributed by atoms with Crippen molar-refractivity contribution in [2.24, 2.45) is 0 Å². The number of carbonyl (C=O) groups is 4. The van der Waals surface area contributed by atoms with Crippen molar-refractivity contribution < 1.29 is 28.7 Å². The molecule has 0 spiro atoms. The van der Waals surface area contributed by atoms with Crippen molar-refractivity contribution in [1.82, 2.24) is 10.3 Å². The van der Waals surface area contributed by atoms with E-state index in [0.29, 0.717) is 22.7 Å². The topological polar surface area (TPSA) is 124 Å². The summed E-state index contributed by atoms with van der Waals surface area (Å²) in [6, 6.07) is -0.805.